The number of hydrogen-bond donors (Lipinski definition) is 0. The van der Waals surface area contributed by atoms with E-state index in [9.17, 15) is 9.59 Å². The Hall–Kier alpha value is -3.85. The molecule has 2 aromatic carbocycles. The van der Waals surface area contributed by atoms with Crippen molar-refractivity contribution in [1.29, 1.82) is 0 Å². The second-order valence-electron chi connectivity index (χ2n) is 9.65. The standard InChI is InChI=1S/C30H33N3O5S/c1-6-38-29(35)26-19(3)31-30-33(27(26)23-17-22(36-4)11-12-24(23)37-5)28(34)25(39-30)16-20-9-10-21(15-18(20)2)32-13-7-8-14-32/h9-12,15-17,27H,6-8,13-14H2,1-5H3/b25-16+/t27-/m1/s1. The average molecular weight is 548 g/mol. The van der Waals surface area contributed by atoms with Crippen LogP contribution in [0.2, 0.25) is 0 Å². The van der Waals surface area contributed by atoms with Gasteiger partial charge < -0.3 is 19.1 Å². The van der Waals surface area contributed by atoms with Gasteiger partial charge in [-0.15, -0.1) is 0 Å². The lowest BCUT2D eigenvalue weighted by Crippen LogP contribution is -2.40. The lowest BCUT2D eigenvalue weighted by atomic mass is 9.94. The zero-order valence-corrected chi connectivity index (χ0v) is 23.8. The van der Waals surface area contributed by atoms with Crippen molar-refractivity contribution in [2.75, 3.05) is 38.8 Å². The molecule has 9 heteroatoms. The highest BCUT2D eigenvalue weighted by molar-refractivity contribution is 7.07. The maximum Gasteiger partial charge on any atom is 0.338 e. The molecule has 2 aliphatic rings. The summed E-state index contributed by atoms with van der Waals surface area (Å²) in [6.07, 6.45) is 4.35. The first-order valence-electron chi connectivity index (χ1n) is 13.1. The number of carbonyl (C=O) groups is 1. The first-order valence-corrected chi connectivity index (χ1v) is 13.9. The second kappa shape index (κ2) is 11.1. The van der Waals surface area contributed by atoms with E-state index in [4.69, 9.17) is 14.2 Å². The summed E-state index contributed by atoms with van der Waals surface area (Å²) in [4.78, 5) is 34.8. The quantitative estimate of drug-likeness (QED) is 0.420. The van der Waals surface area contributed by atoms with Crippen LogP contribution in [0.5, 0.6) is 11.5 Å². The number of allylic oxidation sites excluding steroid dienone is 1. The van der Waals surface area contributed by atoms with Crippen LogP contribution < -0.4 is 29.3 Å². The number of methoxy groups -OCH3 is 2. The van der Waals surface area contributed by atoms with E-state index in [1.54, 1.807) is 50.8 Å². The van der Waals surface area contributed by atoms with Gasteiger partial charge in [-0.05, 0) is 81.1 Å². The fourth-order valence-corrected chi connectivity index (χ4v) is 6.31. The molecule has 2 aliphatic heterocycles. The van der Waals surface area contributed by atoms with E-state index in [1.165, 1.54) is 29.9 Å². The van der Waals surface area contributed by atoms with Crippen LogP contribution in [0.4, 0.5) is 5.69 Å². The fraction of sp³-hybridized carbons (Fsp3) is 0.367. The number of benzene rings is 2. The lowest BCUT2D eigenvalue weighted by molar-refractivity contribution is -0.139. The molecule has 3 aromatic rings. The van der Waals surface area contributed by atoms with Crippen molar-refractivity contribution >= 4 is 29.1 Å². The molecule has 1 aromatic heterocycles. The zero-order chi connectivity index (χ0) is 27.7. The topological polar surface area (TPSA) is 82.4 Å². The molecule has 0 aliphatic carbocycles. The predicted molar refractivity (Wildman–Crippen MR) is 153 cm³/mol. The summed E-state index contributed by atoms with van der Waals surface area (Å²) in [5.74, 6) is 0.593. The largest absolute Gasteiger partial charge is 0.497 e. The van der Waals surface area contributed by atoms with Gasteiger partial charge in [0.25, 0.3) is 5.56 Å². The van der Waals surface area contributed by atoms with Crippen LogP contribution in [-0.4, -0.2) is 44.5 Å². The number of esters is 1. The van der Waals surface area contributed by atoms with Crippen LogP contribution in [0.25, 0.3) is 6.08 Å². The third-order valence-electron chi connectivity index (χ3n) is 7.26. The van der Waals surface area contributed by atoms with Gasteiger partial charge in [0.1, 0.15) is 17.5 Å². The van der Waals surface area contributed by atoms with Crippen LogP contribution >= 0.6 is 11.3 Å². The minimum absolute atomic E-state index is 0.203. The van der Waals surface area contributed by atoms with Crippen LogP contribution in [0.3, 0.4) is 0 Å². The number of ether oxygens (including phenoxy) is 3. The molecule has 3 heterocycles. The molecule has 0 spiro atoms. The van der Waals surface area contributed by atoms with Crippen molar-refractivity contribution in [3.63, 3.8) is 0 Å². The number of carbonyl (C=O) groups excluding carboxylic acids is 1. The molecule has 204 valence electrons. The summed E-state index contributed by atoms with van der Waals surface area (Å²) in [5.41, 5.74) is 4.47. The van der Waals surface area contributed by atoms with E-state index in [-0.39, 0.29) is 12.2 Å². The van der Waals surface area contributed by atoms with Gasteiger partial charge in [-0.3, -0.25) is 9.36 Å². The number of fused-ring (bicyclic) bond motifs is 1. The molecule has 1 saturated heterocycles. The Morgan fingerprint density at radius 2 is 1.87 bits per heavy atom. The summed E-state index contributed by atoms with van der Waals surface area (Å²) in [6, 6.07) is 10.9. The summed E-state index contributed by atoms with van der Waals surface area (Å²) in [7, 11) is 3.13. The van der Waals surface area contributed by atoms with E-state index < -0.39 is 12.0 Å². The molecule has 0 radical (unpaired) electrons. The fourth-order valence-electron chi connectivity index (χ4n) is 5.27. The highest BCUT2D eigenvalue weighted by Crippen LogP contribution is 2.37. The molecule has 0 amide bonds. The minimum atomic E-state index is -0.786. The Labute approximate surface area is 231 Å². The number of anilines is 1. The van der Waals surface area contributed by atoms with Crippen molar-refractivity contribution in [2.45, 2.75) is 39.7 Å². The predicted octanol–water partition coefficient (Wildman–Crippen LogP) is 3.72. The van der Waals surface area contributed by atoms with Crippen LogP contribution in [-0.2, 0) is 9.53 Å². The summed E-state index contributed by atoms with van der Waals surface area (Å²) < 4.78 is 18.7. The number of nitrogens with zero attached hydrogens (tertiary/aromatic N) is 3. The summed E-state index contributed by atoms with van der Waals surface area (Å²) in [5, 5.41) is 0. The molecule has 1 fully saturated rings. The van der Waals surface area contributed by atoms with Crippen molar-refractivity contribution in [3.05, 3.63) is 84.0 Å². The Balaban J connectivity index is 1.68. The highest BCUT2D eigenvalue weighted by atomic mass is 32.1. The maximum atomic E-state index is 14.0. The van der Waals surface area contributed by atoms with Crippen molar-refractivity contribution < 1.29 is 19.0 Å². The molecule has 39 heavy (non-hydrogen) atoms. The Kier molecular flexibility index (Phi) is 7.61. The molecule has 0 N–H and O–H groups in total. The monoisotopic (exact) mass is 547 g/mol. The number of aryl methyl sites for hydroxylation is 1. The zero-order valence-electron chi connectivity index (χ0n) is 22.9. The molecular weight excluding hydrogens is 514 g/mol. The SMILES string of the molecule is CCOC(=O)C1=C(C)N=c2s/c(=C/c3ccc(N4CCCC4)cc3C)c(=O)n2[C@@H]1c1cc(OC)ccc1OC. The van der Waals surface area contributed by atoms with E-state index in [0.29, 0.717) is 37.7 Å². The molecular formula is C30H33N3O5S. The van der Waals surface area contributed by atoms with E-state index >= 15 is 0 Å². The number of aromatic nitrogens is 1. The van der Waals surface area contributed by atoms with Gasteiger partial charge in [0, 0.05) is 24.3 Å². The smallest absolute Gasteiger partial charge is 0.338 e. The summed E-state index contributed by atoms with van der Waals surface area (Å²) in [6.45, 7) is 7.94. The summed E-state index contributed by atoms with van der Waals surface area (Å²) >= 11 is 1.31. The van der Waals surface area contributed by atoms with Crippen molar-refractivity contribution in [3.8, 4) is 11.5 Å². The number of hydrogen-bond acceptors (Lipinski definition) is 8. The third-order valence-corrected chi connectivity index (χ3v) is 8.24. The Morgan fingerprint density at radius 3 is 2.54 bits per heavy atom. The molecule has 1 atom stereocenters. The molecule has 8 nitrogen and oxygen atoms in total. The van der Waals surface area contributed by atoms with Gasteiger partial charge >= 0.3 is 5.97 Å². The average Bonchev–Trinajstić information content (AvgIpc) is 3.57. The Morgan fingerprint density at radius 1 is 1.10 bits per heavy atom. The third kappa shape index (κ3) is 4.98. The van der Waals surface area contributed by atoms with Crippen molar-refractivity contribution in [2.24, 2.45) is 4.99 Å². The van der Waals surface area contributed by atoms with E-state index in [1.807, 2.05) is 6.08 Å². The normalized spacial score (nSPS) is 17.2. The first kappa shape index (κ1) is 26.7. The van der Waals surface area contributed by atoms with Gasteiger partial charge in [-0.1, -0.05) is 17.4 Å². The van der Waals surface area contributed by atoms with Crippen molar-refractivity contribution in [1.82, 2.24) is 4.57 Å². The first-order chi connectivity index (χ1) is 18.9. The van der Waals surface area contributed by atoms with Gasteiger partial charge in [0.15, 0.2) is 4.80 Å². The van der Waals surface area contributed by atoms with E-state index in [2.05, 4.69) is 35.0 Å². The lowest BCUT2D eigenvalue weighted by Gasteiger charge is -2.26. The van der Waals surface area contributed by atoms with Crippen LogP contribution in [0.1, 0.15) is 49.4 Å². The maximum absolute atomic E-state index is 14.0. The minimum Gasteiger partial charge on any atom is -0.497 e. The Bertz CT molecular complexity index is 1630. The van der Waals surface area contributed by atoms with Gasteiger partial charge in [0.05, 0.1) is 36.6 Å². The molecule has 0 unspecified atom stereocenters. The second-order valence-corrected chi connectivity index (χ2v) is 10.7. The van der Waals surface area contributed by atoms with Crippen LogP contribution in [0, 0.1) is 6.92 Å². The van der Waals surface area contributed by atoms with Gasteiger partial charge in [0.2, 0.25) is 0 Å². The number of thiazole rings is 1. The molecule has 0 saturated carbocycles. The van der Waals surface area contributed by atoms with Gasteiger partial charge in [-0.2, -0.15) is 0 Å². The number of rotatable bonds is 7. The molecule has 5 rings (SSSR count). The molecule has 0 bridgehead atoms. The highest BCUT2D eigenvalue weighted by Gasteiger charge is 2.35. The van der Waals surface area contributed by atoms with E-state index in [0.717, 1.165) is 24.2 Å². The van der Waals surface area contributed by atoms with Crippen LogP contribution in [0.15, 0.2) is 57.5 Å². The van der Waals surface area contributed by atoms with Gasteiger partial charge in [-0.25, -0.2) is 9.79 Å².